The fourth-order valence-electron chi connectivity index (χ4n) is 1.29. The molecular formula is C12H10ClF2N3O2. The summed E-state index contributed by atoms with van der Waals surface area (Å²) in [6.45, 7) is 3.54. The van der Waals surface area contributed by atoms with Crippen molar-refractivity contribution in [1.82, 2.24) is 15.0 Å². The molecule has 0 aliphatic heterocycles. The van der Waals surface area contributed by atoms with Gasteiger partial charge in [0.05, 0.1) is 6.10 Å². The molecule has 0 spiro atoms. The summed E-state index contributed by atoms with van der Waals surface area (Å²) in [5, 5.41) is -0.178. The lowest BCUT2D eigenvalue weighted by Crippen LogP contribution is -2.09. The molecule has 8 heteroatoms. The third-order valence-electron chi connectivity index (χ3n) is 2.03. The van der Waals surface area contributed by atoms with Crippen LogP contribution in [0.15, 0.2) is 18.2 Å². The first kappa shape index (κ1) is 14.4. The van der Waals surface area contributed by atoms with E-state index in [0.717, 1.165) is 6.07 Å². The van der Waals surface area contributed by atoms with Crippen LogP contribution in [-0.2, 0) is 0 Å². The van der Waals surface area contributed by atoms with Crippen LogP contribution in [0.4, 0.5) is 8.78 Å². The Morgan fingerprint density at radius 2 is 1.80 bits per heavy atom. The van der Waals surface area contributed by atoms with Crippen LogP contribution < -0.4 is 9.47 Å². The fraction of sp³-hybridized carbons (Fsp3) is 0.250. The predicted molar refractivity (Wildman–Crippen MR) is 67.0 cm³/mol. The van der Waals surface area contributed by atoms with E-state index in [-0.39, 0.29) is 29.2 Å². The van der Waals surface area contributed by atoms with Gasteiger partial charge < -0.3 is 9.47 Å². The number of nitrogens with zero attached hydrogens (tertiary/aromatic N) is 3. The largest absolute Gasteiger partial charge is 0.461 e. The molecule has 0 fully saturated rings. The molecule has 0 amide bonds. The summed E-state index contributed by atoms with van der Waals surface area (Å²) in [6, 6.07) is 3.15. The lowest BCUT2D eigenvalue weighted by Gasteiger charge is -2.09. The van der Waals surface area contributed by atoms with Crippen molar-refractivity contribution in [2.75, 3.05) is 0 Å². The molecule has 2 rings (SSSR count). The van der Waals surface area contributed by atoms with Crippen LogP contribution in [0, 0.1) is 11.6 Å². The Kier molecular flexibility index (Phi) is 4.29. The first-order valence-electron chi connectivity index (χ1n) is 5.66. The molecule has 1 aromatic heterocycles. The van der Waals surface area contributed by atoms with Gasteiger partial charge in [0.25, 0.3) is 0 Å². The Labute approximate surface area is 118 Å². The van der Waals surface area contributed by atoms with Gasteiger partial charge in [-0.15, -0.1) is 4.98 Å². The molecule has 0 unspecified atom stereocenters. The average molecular weight is 302 g/mol. The van der Waals surface area contributed by atoms with Gasteiger partial charge >= 0.3 is 12.0 Å². The Bertz CT molecular complexity index is 626. The first-order valence-corrected chi connectivity index (χ1v) is 6.03. The van der Waals surface area contributed by atoms with Crippen LogP contribution in [0.3, 0.4) is 0 Å². The lowest BCUT2D eigenvalue weighted by molar-refractivity contribution is 0.218. The molecule has 0 radical (unpaired) electrons. The third-order valence-corrected chi connectivity index (χ3v) is 2.19. The van der Waals surface area contributed by atoms with Gasteiger partial charge in [0.1, 0.15) is 0 Å². The van der Waals surface area contributed by atoms with Crippen molar-refractivity contribution in [3.63, 3.8) is 0 Å². The summed E-state index contributed by atoms with van der Waals surface area (Å²) in [5.74, 6) is -2.54. The van der Waals surface area contributed by atoms with Gasteiger partial charge in [-0.2, -0.15) is 14.4 Å². The van der Waals surface area contributed by atoms with E-state index in [1.165, 1.54) is 12.1 Å². The maximum absolute atomic E-state index is 13.5. The van der Waals surface area contributed by atoms with Gasteiger partial charge in [-0.25, -0.2) is 4.39 Å². The molecule has 5 nitrogen and oxygen atoms in total. The Morgan fingerprint density at radius 3 is 2.50 bits per heavy atom. The lowest BCUT2D eigenvalue weighted by atomic mass is 10.3. The molecule has 0 aliphatic carbocycles. The molecule has 0 atom stereocenters. The smallest absolute Gasteiger partial charge is 0.329 e. The number of hydrogen-bond acceptors (Lipinski definition) is 5. The first-order chi connectivity index (χ1) is 9.45. The van der Waals surface area contributed by atoms with E-state index in [1.54, 1.807) is 13.8 Å². The van der Waals surface area contributed by atoms with Crippen LogP contribution in [-0.4, -0.2) is 21.1 Å². The van der Waals surface area contributed by atoms with E-state index in [9.17, 15) is 8.78 Å². The monoisotopic (exact) mass is 301 g/mol. The summed E-state index contributed by atoms with van der Waals surface area (Å²) >= 11 is 5.68. The summed E-state index contributed by atoms with van der Waals surface area (Å²) in [4.78, 5) is 11.2. The van der Waals surface area contributed by atoms with Gasteiger partial charge in [0, 0.05) is 0 Å². The molecule has 0 saturated carbocycles. The Balaban J connectivity index is 2.29. The zero-order valence-corrected chi connectivity index (χ0v) is 11.4. The normalized spacial score (nSPS) is 10.7. The van der Waals surface area contributed by atoms with Crippen molar-refractivity contribution < 1.29 is 18.3 Å². The minimum Gasteiger partial charge on any atom is -0.461 e. The van der Waals surface area contributed by atoms with Crippen LogP contribution in [0.5, 0.6) is 17.8 Å². The minimum atomic E-state index is -1.14. The van der Waals surface area contributed by atoms with E-state index >= 15 is 0 Å². The zero-order valence-electron chi connectivity index (χ0n) is 10.6. The molecule has 106 valence electrons. The molecule has 0 bridgehead atoms. The molecule has 1 aromatic carbocycles. The van der Waals surface area contributed by atoms with Gasteiger partial charge in [-0.05, 0) is 37.6 Å². The summed E-state index contributed by atoms with van der Waals surface area (Å²) in [5.41, 5.74) is 0. The van der Waals surface area contributed by atoms with Gasteiger partial charge in [0.15, 0.2) is 11.6 Å². The number of benzene rings is 1. The number of ether oxygens (including phenoxy) is 2. The highest BCUT2D eigenvalue weighted by molar-refractivity contribution is 6.28. The molecule has 0 saturated heterocycles. The highest BCUT2D eigenvalue weighted by Gasteiger charge is 2.14. The van der Waals surface area contributed by atoms with Crippen molar-refractivity contribution in [1.29, 1.82) is 0 Å². The number of rotatable bonds is 4. The predicted octanol–water partition coefficient (Wildman–Crippen LogP) is 3.38. The topological polar surface area (TPSA) is 57.1 Å². The molecule has 0 N–H and O–H groups in total. The van der Waals surface area contributed by atoms with Crippen LogP contribution in [0.2, 0.25) is 5.28 Å². The summed E-state index contributed by atoms with van der Waals surface area (Å²) in [6.07, 6.45) is -0.188. The second-order valence-electron chi connectivity index (χ2n) is 3.99. The van der Waals surface area contributed by atoms with Crippen molar-refractivity contribution in [3.05, 3.63) is 35.1 Å². The highest BCUT2D eigenvalue weighted by atomic mass is 35.5. The maximum atomic E-state index is 13.5. The van der Waals surface area contributed by atoms with E-state index in [0.29, 0.717) is 0 Å². The quantitative estimate of drug-likeness (QED) is 0.866. The third kappa shape index (κ3) is 3.51. The summed E-state index contributed by atoms with van der Waals surface area (Å²) in [7, 11) is 0. The fourth-order valence-corrected chi connectivity index (χ4v) is 1.43. The van der Waals surface area contributed by atoms with Crippen molar-refractivity contribution in [3.8, 4) is 17.8 Å². The molecule has 0 aliphatic rings. The SMILES string of the molecule is CC(C)Oc1nc(Cl)nc(Oc2cccc(F)c2F)n1. The molecule has 20 heavy (non-hydrogen) atoms. The second kappa shape index (κ2) is 5.96. The molecule has 2 aromatic rings. The van der Waals surface area contributed by atoms with Crippen LogP contribution in [0.1, 0.15) is 13.8 Å². The van der Waals surface area contributed by atoms with E-state index in [2.05, 4.69) is 15.0 Å². The zero-order chi connectivity index (χ0) is 14.7. The number of hydrogen-bond donors (Lipinski definition) is 0. The van der Waals surface area contributed by atoms with Gasteiger partial charge in [-0.3, -0.25) is 0 Å². The number of aromatic nitrogens is 3. The minimum absolute atomic E-state index is 0.0631. The van der Waals surface area contributed by atoms with Gasteiger partial charge in [-0.1, -0.05) is 6.07 Å². The number of halogens is 3. The average Bonchev–Trinajstić information content (AvgIpc) is 2.33. The Morgan fingerprint density at radius 1 is 1.10 bits per heavy atom. The van der Waals surface area contributed by atoms with Gasteiger partial charge in [0.2, 0.25) is 11.1 Å². The van der Waals surface area contributed by atoms with Crippen molar-refractivity contribution >= 4 is 11.6 Å². The van der Waals surface area contributed by atoms with E-state index in [1.807, 2.05) is 0 Å². The maximum Gasteiger partial charge on any atom is 0.329 e. The van der Waals surface area contributed by atoms with Crippen molar-refractivity contribution in [2.24, 2.45) is 0 Å². The standard InChI is InChI=1S/C12H10ClF2N3O2/c1-6(2)19-11-16-10(13)17-12(18-11)20-8-5-3-4-7(14)9(8)15/h3-6H,1-2H3. The van der Waals surface area contributed by atoms with Crippen molar-refractivity contribution in [2.45, 2.75) is 20.0 Å². The summed E-state index contributed by atoms with van der Waals surface area (Å²) < 4.78 is 36.8. The van der Waals surface area contributed by atoms with E-state index in [4.69, 9.17) is 21.1 Å². The Hall–Kier alpha value is -2.02. The molecular weight excluding hydrogens is 292 g/mol. The highest BCUT2D eigenvalue weighted by Crippen LogP contribution is 2.25. The molecule has 1 heterocycles. The van der Waals surface area contributed by atoms with Crippen LogP contribution in [0.25, 0.3) is 0 Å². The second-order valence-corrected chi connectivity index (χ2v) is 4.33. The van der Waals surface area contributed by atoms with E-state index < -0.39 is 11.6 Å². The van der Waals surface area contributed by atoms with Crippen LogP contribution >= 0.6 is 11.6 Å².